The summed E-state index contributed by atoms with van der Waals surface area (Å²) >= 11 is 6.51. The maximum absolute atomic E-state index is 14.8. The van der Waals surface area contributed by atoms with E-state index in [1.54, 1.807) is 47.4 Å². The molecule has 2 aromatic rings. The highest BCUT2D eigenvalue weighted by Gasteiger charge is 2.35. The lowest BCUT2D eigenvalue weighted by Crippen LogP contribution is -2.37. The molecule has 0 radical (unpaired) electrons. The van der Waals surface area contributed by atoms with Gasteiger partial charge in [0.2, 0.25) is 5.82 Å². The van der Waals surface area contributed by atoms with Gasteiger partial charge >= 0.3 is 0 Å². The number of rotatable bonds is 6. The van der Waals surface area contributed by atoms with Crippen molar-refractivity contribution in [1.82, 2.24) is 9.80 Å². The van der Waals surface area contributed by atoms with Crippen LogP contribution in [0.15, 0.2) is 52.7 Å². The summed E-state index contributed by atoms with van der Waals surface area (Å²) in [5.41, 5.74) is 1.19. The fraction of sp³-hybridized carbons (Fsp3) is 0.370. The highest BCUT2D eigenvalue weighted by molar-refractivity contribution is 6.46. The van der Waals surface area contributed by atoms with Crippen LogP contribution < -0.4 is 10.1 Å². The van der Waals surface area contributed by atoms with E-state index < -0.39 is 17.7 Å². The van der Waals surface area contributed by atoms with Crippen LogP contribution in [0.5, 0.6) is 5.75 Å². The molecule has 3 aliphatic rings. The average Bonchev–Trinajstić information content (AvgIpc) is 3.35. The molecule has 0 spiro atoms. The maximum Gasteiger partial charge on any atom is 0.255 e. The normalized spacial score (nSPS) is 19.1. The molecule has 1 fully saturated rings. The number of nitrogens with one attached hydrogen (secondary N) is 1. The number of benzene rings is 2. The van der Waals surface area contributed by atoms with Crippen LogP contribution in [0.4, 0.5) is 14.5 Å². The van der Waals surface area contributed by atoms with E-state index >= 15 is 0 Å². The molecule has 3 aliphatic heterocycles. The average molecular weight is 544 g/mol. The molecule has 5 rings (SSSR count). The number of hydrogen-bond donors (Lipinski definition) is 1. The Morgan fingerprint density at radius 3 is 2.76 bits per heavy atom. The van der Waals surface area contributed by atoms with E-state index in [4.69, 9.17) is 21.1 Å². The van der Waals surface area contributed by atoms with Crippen LogP contribution in [0.2, 0.25) is 5.02 Å². The Morgan fingerprint density at radius 2 is 2.03 bits per heavy atom. The number of ether oxygens (including phenoxy) is 2. The number of amides is 1. The van der Waals surface area contributed by atoms with Crippen LogP contribution in [-0.4, -0.2) is 67.8 Å². The molecule has 3 heterocycles. The summed E-state index contributed by atoms with van der Waals surface area (Å²) in [6.45, 7) is 2.32. The highest BCUT2D eigenvalue weighted by atomic mass is 35.5. The van der Waals surface area contributed by atoms with Gasteiger partial charge < -0.3 is 24.6 Å². The molecule has 0 aliphatic carbocycles. The van der Waals surface area contributed by atoms with Crippen molar-refractivity contribution in [3.05, 3.63) is 70.5 Å². The third-order valence-corrected chi connectivity index (χ3v) is 7.29. The third kappa shape index (κ3) is 5.10. The second-order valence-electron chi connectivity index (χ2n) is 9.41. The van der Waals surface area contributed by atoms with Crippen molar-refractivity contribution < 1.29 is 23.0 Å². The van der Waals surface area contributed by atoms with E-state index in [1.807, 2.05) is 0 Å². The Morgan fingerprint density at radius 1 is 1.24 bits per heavy atom. The summed E-state index contributed by atoms with van der Waals surface area (Å²) in [6, 6.07) is 7.45. The SMILES string of the molecule is COc1ccc(C2CN=C3C(Nc4ccc(C(=O)N(C)CC5CCOCC5)c(Cl)c4)=NC=CN32)c(F)c1F. The molecule has 38 heavy (non-hydrogen) atoms. The molecule has 1 saturated heterocycles. The van der Waals surface area contributed by atoms with E-state index in [9.17, 15) is 13.6 Å². The number of anilines is 1. The molecule has 0 saturated carbocycles. The molecule has 200 valence electrons. The lowest BCUT2D eigenvalue weighted by molar-refractivity contribution is 0.0497. The first kappa shape index (κ1) is 26.1. The van der Waals surface area contributed by atoms with E-state index in [-0.39, 0.29) is 23.8 Å². The minimum Gasteiger partial charge on any atom is -0.494 e. The number of aliphatic imine (C=N–C) groups is 2. The number of carbonyl (C=O) groups is 1. The van der Waals surface area contributed by atoms with Gasteiger partial charge in [-0.3, -0.25) is 9.79 Å². The lowest BCUT2D eigenvalue weighted by atomic mass is 9.99. The van der Waals surface area contributed by atoms with Gasteiger partial charge in [-0.25, -0.2) is 9.38 Å². The molecule has 1 amide bonds. The summed E-state index contributed by atoms with van der Waals surface area (Å²) in [7, 11) is 3.07. The van der Waals surface area contributed by atoms with Gasteiger partial charge in [-0.2, -0.15) is 4.39 Å². The van der Waals surface area contributed by atoms with Gasteiger partial charge in [-0.05, 0) is 43.0 Å². The molecular weight excluding hydrogens is 516 g/mol. The predicted molar refractivity (Wildman–Crippen MR) is 142 cm³/mol. The van der Waals surface area contributed by atoms with Crippen LogP contribution in [0.3, 0.4) is 0 Å². The Labute approximate surface area is 224 Å². The van der Waals surface area contributed by atoms with Crippen LogP contribution >= 0.6 is 11.6 Å². The van der Waals surface area contributed by atoms with Gasteiger partial charge in [-0.1, -0.05) is 17.7 Å². The zero-order valence-corrected chi connectivity index (χ0v) is 21.8. The van der Waals surface area contributed by atoms with E-state index in [0.717, 1.165) is 26.1 Å². The van der Waals surface area contributed by atoms with Gasteiger partial charge in [0.15, 0.2) is 23.2 Å². The number of fused-ring (bicyclic) bond motifs is 1. The lowest BCUT2D eigenvalue weighted by Gasteiger charge is -2.28. The predicted octanol–water partition coefficient (Wildman–Crippen LogP) is 4.88. The van der Waals surface area contributed by atoms with Crippen molar-refractivity contribution in [1.29, 1.82) is 0 Å². The first-order chi connectivity index (χ1) is 18.4. The molecule has 2 aromatic carbocycles. The Bertz CT molecular complexity index is 1330. The molecular formula is C27H28ClF2N5O3. The number of halogens is 3. The van der Waals surface area contributed by atoms with Crippen molar-refractivity contribution in [3.8, 4) is 5.75 Å². The Kier molecular flexibility index (Phi) is 7.62. The van der Waals surface area contributed by atoms with Crippen LogP contribution in [-0.2, 0) is 4.74 Å². The Balaban J connectivity index is 1.27. The molecule has 0 aromatic heterocycles. The van der Waals surface area contributed by atoms with Gasteiger partial charge in [0.1, 0.15) is 0 Å². The summed E-state index contributed by atoms with van der Waals surface area (Å²) in [5.74, 6) is -0.974. The van der Waals surface area contributed by atoms with Crippen LogP contribution in [0.25, 0.3) is 0 Å². The summed E-state index contributed by atoms with van der Waals surface area (Å²) in [5, 5.41) is 3.50. The standard InChI is InChI=1S/C27H28ClF2N5O3/c1-34(15-16-7-11-38-12-8-16)27(36)18-4-3-17(13-20(18)28)33-25-26-32-14-21(35(26)10-9-31-25)19-5-6-22(37-2)24(30)23(19)29/h3-6,9-10,13,16,21H,7-8,11-12,14-15H2,1-2H3,(H,31,33). The van der Waals surface area contributed by atoms with E-state index in [0.29, 0.717) is 40.4 Å². The second kappa shape index (κ2) is 11.1. The number of nitrogens with zero attached hydrogens (tertiary/aromatic N) is 4. The van der Waals surface area contributed by atoms with Gasteiger partial charge in [-0.15, -0.1) is 0 Å². The highest BCUT2D eigenvalue weighted by Crippen LogP contribution is 2.34. The second-order valence-corrected chi connectivity index (χ2v) is 9.82. The zero-order chi connectivity index (χ0) is 26.8. The smallest absolute Gasteiger partial charge is 0.255 e. The molecule has 8 nitrogen and oxygen atoms in total. The third-order valence-electron chi connectivity index (χ3n) is 6.97. The molecule has 1 unspecified atom stereocenters. The van der Waals surface area contributed by atoms with Gasteiger partial charge in [0.25, 0.3) is 5.91 Å². The quantitative estimate of drug-likeness (QED) is 0.562. The van der Waals surface area contributed by atoms with Crippen molar-refractivity contribution >= 4 is 34.9 Å². The van der Waals surface area contributed by atoms with Gasteiger partial charge in [0.05, 0.1) is 30.3 Å². The van der Waals surface area contributed by atoms with E-state index in [1.165, 1.54) is 19.2 Å². The minimum absolute atomic E-state index is 0.145. The number of methoxy groups -OCH3 is 1. The van der Waals surface area contributed by atoms with E-state index in [2.05, 4.69) is 15.3 Å². The molecule has 0 bridgehead atoms. The van der Waals surface area contributed by atoms with Crippen molar-refractivity contribution in [2.75, 3.05) is 45.8 Å². The topological polar surface area (TPSA) is 78.8 Å². The molecule has 1 N–H and O–H groups in total. The first-order valence-corrected chi connectivity index (χ1v) is 12.7. The molecule has 11 heteroatoms. The number of carbonyl (C=O) groups excluding carboxylic acids is 1. The van der Waals surface area contributed by atoms with Crippen molar-refractivity contribution in [2.45, 2.75) is 18.9 Å². The van der Waals surface area contributed by atoms with Crippen molar-refractivity contribution in [3.63, 3.8) is 0 Å². The van der Waals surface area contributed by atoms with Crippen LogP contribution in [0, 0.1) is 17.6 Å². The first-order valence-electron chi connectivity index (χ1n) is 12.4. The largest absolute Gasteiger partial charge is 0.494 e. The molecule has 1 atom stereocenters. The zero-order valence-electron chi connectivity index (χ0n) is 21.1. The summed E-state index contributed by atoms with van der Waals surface area (Å²) in [4.78, 5) is 25.4. The summed E-state index contributed by atoms with van der Waals surface area (Å²) < 4.78 is 39.4. The van der Waals surface area contributed by atoms with Crippen molar-refractivity contribution in [2.24, 2.45) is 15.9 Å². The monoisotopic (exact) mass is 543 g/mol. The number of amidine groups is 2. The van der Waals surface area contributed by atoms with Gasteiger partial charge in [0, 0.05) is 50.5 Å². The van der Waals surface area contributed by atoms with Crippen LogP contribution in [0.1, 0.15) is 34.8 Å². The number of hydrogen-bond acceptors (Lipinski definition) is 7. The fourth-order valence-electron chi connectivity index (χ4n) is 4.91. The Hall–Kier alpha value is -3.50. The minimum atomic E-state index is -1.03. The summed E-state index contributed by atoms with van der Waals surface area (Å²) in [6.07, 6.45) is 5.10. The maximum atomic E-state index is 14.8. The fourth-order valence-corrected chi connectivity index (χ4v) is 5.17.